The number of sulfonamides is 1. The average Bonchev–Trinajstić information content (AvgIpc) is 3.32. The Hall–Kier alpha value is -2.82. The second-order valence-electron chi connectivity index (χ2n) is 7.59. The Kier molecular flexibility index (Phi) is 7.36. The molecular weight excluding hydrogens is 460 g/mol. The van der Waals surface area contributed by atoms with E-state index in [0.717, 1.165) is 22.2 Å². The molecule has 33 heavy (non-hydrogen) atoms. The molecule has 2 heterocycles. The number of carbonyl (C=O) groups excluding carboxylic acids is 1. The third kappa shape index (κ3) is 5.76. The molecule has 0 unspecified atom stereocenters. The summed E-state index contributed by atoms with van der Waals surface area (Å²) in [5.74, 6) is 0.966. The number of amides is 1. The Morgan fingerprint density at radius 3 is 2.39 bits per heavy atom. The van der Waals surface area contributed by atoms with Crippen molar-refractivity contribution in [3.05, 3.63) is 72.6 Å². The number of carbonyl (C=O) groups is 1. The molecule has 4 rings (SSSR count). The molecule has 1 fully saturated rings. The summed E-state index contributed by atoms with van der Waals surface area (Å²) in [7, 11) is -1.78. The topological polar surface area (TPSA) is 84.7 Å². The van der Waals surface area contributed by atoms with Gasteiger partial charge >= 0.3 is 0 Å². The third-order valence-corrected chi connectivity index (χ3v) is 8.26. The van der Waals surface area contributed by atoms with Crippen LogP contribution in [0, 0.1) is 0 Å². The monoisotopic (exact) mass is 486 g/mol. The predicted octanol–water partition coefficient (Wildman–Crippen LogP) is 2.65. The number of aromatic nitrogens is 2. The SMILES string of the molecule is COc1ccc(-n2ccnc2SCC(=O)N2CCN(S(=O)(=O)Cc3ccccc3)CC2)cc1. The molecule has 1 amide bonds. The summed E-state index contributed by atoms with van der Waals surface area (Å²) in [5.41, 5.74) is 1.69. The van der Waals surface area contributed by atoms with Crippen molar-refractivity contribution >= 4 is 27.7 Å². The van der Waals surface area contributed by atoms with E-state index < -0.39 is 10.0 Å². The van der Waals surface area contributed by atoms with Crippen molar-refractivity contribution in [1.29, 1.82) is 0 Å². The normalized spacial score (nSPS) is 14.9. The van der Waals surface area contributed by atoms with E-state index in [1.807, 2.05) is 65.4 Å². The predicted molar refractivity (Wildman–Crippen MR) is 128 cm³/mol. The zero-order chi connectivity index (χ0) is 23.3. The first kappa shape index (κ1) is 23.3. The summed E-state index contributed by atoms with van der Waals surface area (Å²) < 4.78 is 34.1. The van der Waals surface area contributed by atoms with Gasteiger partial charge in [0.05, 0.1) is 18.6 Å². The molecule has 0 atom stereocenters. The van der Waals surface area contributed by atoms with Crippen LogP contribution in [0.15, 0.2) is 72.1 Å². The van der Waals surface area contributed by atoms with E-state index in [4.69, 9.17) is 4.74 Å². The fraction of sp³-hybridized carbons (Fsp3) is 0.304. The lowest BCUT2D eigenvalue weighted by atomic mass is 10.2. The van der Waals surface area contributed by atoms with Crippen molar-refractivity contribution in [3.8, 4) is 11.4 Å². The third-order valence-electron chi connectivity index (χ3n) is 5.46. The molecule has 2 aromatic carbocycles. The van der Waals surface area contributed by atoms with Gasteiger partial charge in [-0.25, -0.2) is 13.4 Å². The molecule has 0 aliphatic carbocycles. The molecule has 1 aliphatic heterocycles. The van der Waals surface area contributed by atoms with E-state index in [0.29, 0.717) is 26.2 Å². The first-order valence-corrected chi connectivity index (χ1v) is 13.2. The number of thioether (sulfide) groups is 1. The van der Waals surface area contributed by atoms with Gasteiger partial charge in [0.15, 0.2) is 5.16 Å². The summed E-state index contributed by atoms with van der Waals surface area (Å²) in [6, 6.07) is 16.8. The molecule has 0 bridgehead atoms. The van der Waals surface area contributed by atoms with E-state index in [-0.39, 0.29) is 17.4 Å². The van der Waals surface area contributed by atoms with Crippen molar-refractivity contribution in [2.45, 2.75) is 10.9 Å². The van der Waals surface area contributed by atoms with Crippen LogP contribution in [-0.2, 0) is 20.6 Å². The molecule has 3 aromatic rings. The van der Waals surface area contributed by atoms with Crippen LogP contribution in [0.25, 0.3) is 5.69 Å². The van der Waals surface area contributed by atoms with Crippen molar-refractivity contribution in [1.82, 2.24) is 18.8 Å². The van der Waals surface area contributed by atoms with Crippen molar-refractivity contribution in [3.63, 3.8) is 0 Å². The molecule has 1 aromatic heterocycles. The van der Waals surface area contributed by atoms with Gasteiger partial charge in [0.25, 0.3) is 0 Å². The van der Waals surface area contributed by atoms with E-state index in [2.05, 4.69) is 4.98 Å². The molecule has 10 heteroatoms. The minimum atomic E-state index is -3.41. The highest BCUT2D eigenvalue weighted by Gasteiger charge is 2.29. The van der Waals surface area contributed by atoms with Crippen LogP contribution in [0.5, 0.6) is 5.75 Å². The molecule has 174 valence electrons. The van der Waals surface area contributed by atoms with Gasteiger partial charge in [-0.2, -0.15) is 4.31 Å². The number of piperazine rings is 1. The van der Waals surface area contributed by atoms with E-state index in [9.17, 15) is 13.2 Å². The Bertz CT molecular complexity index is 1170. The number of rotatable bonds is 8. The highest BCUT2D eigenvalue weighted by Crippen LogP contribution is 2.23. The minimum absolute atomic E-state index is 0.0222. The minimum Gasteiger partial charge on any atom is -0.497 e. The average molecular weight is 487 g/mol. The Morgan fingerprint density at radius 1 is 1.03 bits per heavy atom. The van der Waals surface area contributed by atoms with Gasteiger partial charge in [-0.1, -0.05) is 42.1 Å². The van der Waals surface area contributed by atoms with Crippen molar-refractivity contribution in [2.75, 3.05) is 39.0 Å². The van der Waals surface area contributed by atoms with Gasteiger partial charge in [0, 0.05) is 44.3 Å². The largest absolute Gasteiger partial charge is 0.497 e. The fourth-order valence-corrected chi connectivity index (χ4v) is 6.04. The summed E-state index contributed by atoms with van der Waals surface area (Å²) >= 11 is 1.37. The highest BCUT2D eigenvalue weighted by molar-refractivity contribution is 7.99. The Balaban J connectivity index is 1.30. The van der Waals surface area contributed by atoms with Crippen LogP contribution in [0.3, 0.4) is 0 Å². The van der Waals surface area contributed by atoms with Crippen LogP contribution in [0.1, 0.15) is 5.56 Å². The summed E-state index contributed by atoms with van der Waals surface area (Å²) in [6.45, 7) is 1.40. The summed E-state index contributed by atoms with van der Waals surface area (Å²) in [6.07, 6.45) is 3.55. The molecule has 0 N–H and O–H groups in total. The van der Waals surface area contributed by atoms with E-state index >= 15 is 0 Å². The molecule has 8 nitrogen and oxygen atoms in total. The van der Waals surface area contributed by atoms with Crippen LogP contribution in [0.4, 0.5) is 0 Å². The fourth-order valence-electron chi connectivity index (χ4n) is 3.65. The van der Waals surface area contributed by atoms with Crippen molar-refractivity contribution < 1.29 is 17.9 Å². The maximum absolute atomic E-state index is 12.8. The lowest BCUT2D eigenvalue weighted by molar-refractivity contribution is -0.129. The number of benzene rings is 2. The summed E-state index contributed by atoms with van der Waals surface area (Å²) in [4.78, 5) is 18.9. The first-order chi connectivity index (χ1) is 16.0. The number of methoxy groups -OCH3 is 1. The zero-order valence-electron chi connectivity index (χ0n) is 18.3. The van der Waals surface area contributed by atoms with Crippen LogP contribution in [0.2, 0.25) is 0 Å². The van der Waals surface area contributed by atoms with Gasteiger partial charge in [-0.05, 0) is 29.8 Å². The lowest BCUT2D eigenvalue weighted by Crippen LogP contribution is -2.51. The van der Waals surface area contributed by atoms with Crippen molar-refractivity contribution in [2.24, 2.45) is 0 Å². The molecule has 0 spiro atoms. The zero-order valence-corrected chi connectivity index (χ0v) is 20.0. The Morgan fingerprint density at radius 2 is 1.73 bits per heavy atom. The standard InChI is InChI=1S/C23H26N4O4S2/c1-31-21-9-7-20(8-10-21)27-12-11-24-23(27)32-17-22(28)25-13-15-26(16-14-25)33(29,30)18-19-5-3-2-4-6-19/h2-12H,13-18H2,1H3. The molecular formula is C23H26N4O4S2. The second kappa shape index (κ2) is 10.4. The van der Waals surface area contributed by atoms with Gasteiger partial charge in [-0.15, -0.1) is 0 Å². The highest BCUT2D eigenvalue weighted by atomic mass is 32.2. The number of hydrogen-bond donors (Lipinski definition) is 0. The molecule has 1 aliphatic rings. The van der Waals surface area contributed by atoms with Gasteiger partial charge < -0.3 is 9.64 Å². The maximum Gasteiger partial charge on any atom is 0.233 e. The lowest BCUT2D eigenvalue weighted by Gasteiger charge is -2.34. The Labute approximate surface area is 198 Å². The number of ether oxygens (including phenoxy) is 1. The van der Waals surface area contributed by atoms with E-state index in [1.54, 1.807) is 18.2 Å². The number of nitrogens with zero attached hydrogens (tertiary/aromatic N) is 4. The second-order valence-corrected chi connectivity index (χ2v) is 10.5. The molecule has 0 saturated carbocycles. The quantitative estimate of drug-likeness (QED) is 0.455. The first-order valence-electron chi connectivity index (χ1n) is 10.6. The smallest absolute Gasteiger partial charge is 0.233 e. The van der Waals surface area contributed by atoms with Crippen LogP contribution >= 0.6 is 11.8 Å². The van der Waals surface area contributed by atoms with Crippen LogP contribution in [-0.4, -0.2) is 72.1 Å². The maximum atomic E-state index is 12.8. The summed E-state index contributed by atoms with van der Waals surface area (Å²) in [5, 5.41) is 0.720. The van der Waals surface area contributed by atoms with E-state index in [1.165, 1.54) is 16.1 Å². The number of hydrogen-bond acceptors (Lipinski definition) is 6. The molecule has 1 saturated heterocycles. The molecule has 0 radical (unpaired) electrons. The van der Waals surface area contributed by atoms with Gasteiger partial charge in [0.2, 0.25) is 15.9 Å². The van der Waals surface area contributed by atoms with Gasteiger partial charge in [0.1, 0.15) is 5.75 Å². The van der Waals surface area contributed by atoms with Crippen LogP contribution < -0.4 is 4.74 Å². The number of imidazole rings is 1. The van der Waals surface area contributed by atoms with Gasteiger partial charge in [-0.3, -0.25) is 9.36 Å².